The lowest BCUT2D eigenvalue weighted by Gasteiger charge is -2.36. The molecule has 49 heavy (non-hydrogen) atoms. The van der Waals surface area contributed by atoms with Crippen molar-refractivity contribution in [2.75, 3.05) is 26.2 Å². The zero-order chi connectivity index (χ0) is 36.5. The Hall–Kier alpha value is -5.17. The molecule has 0 aliphatic carbocycles. The van der Waals surface area contributed by atoms with Crippen molar-refractivity contribution in [1.29, 1.82) is 0 Å². The van der Waals surface area contributed by atoms with Crippen molar-refractivity contribution >= 4 is 54.3 Å². The van der Waals surface area contributed by atoms with Crippen LogP contribution in [-0.2, 0) is 20.8 Å². The third-order valence-electron chi connectivity index (χ3n) is 7.77. The number of aromatic carboxylic acids is 1. The Morgan fingerprint density at radius 3 is 2.39 bits per heavy atom. The van der Waals surface area contributed by atoms with Crippen molar-refractivity contribution < 1.29 is 62.5 Å². The summed E-state index contributed by atoms with van der Waals surface area (Å²) in [6.07, 6.45) is -0.150. The average molecular weight is 710 g/mol. The van der Waals surface area contributed by atoms with Crippen LogP contribution in [0.2, 0.25) is 5.02 Å². The van der Waals surface area contributed by atoms with Crippen molar-refractivity contribution in [1.82, 2.24) is 25.8 Å². The fourth-order valence-electron chi connectivity index (χ4n) is 5.18. The number of nitrogens with one attached hydrogen (secondary N) is 3. The Morgan fingerprint density at radius 2 is 1.76 bits per heavy atom. The van der Waals surface area contributed by atoms with E-state index in [2.05, 4.69) is 16.0 Å². The van der Waals surface area contributed by atoms with Crippen LogP contribution in [0.3, 0.4) is 0 Å². The van der Waals surface area contributed by atoms with Gasteiger partial charge < -0.3 is 45.8 Å². The fraction of sp³-hybridized carbons (Fsp3) is 0.379. The number of fused-ring (bicyclic) bond motifs is 1. The molecular formula is C29H31BClF2N5O11. The molecule has 7 N–H and O–H groups in total. The Balaban J connectivity index is 1.36. The highest BCUT2D eigenvalue weighted by Gasteiger charge is 2.43. The maximum atomic E-state index is 14.2. The number of carbonyl (C=O) groups excluding carboxylic acids is 5. The molecule has 0 aromatic heterocycles. The summed E-state index contributed by atoms with van der Waals surface area (Å²) in [5.41, 5.74) is -2.32. The number of piperazine rings is 1. The molecule has 16 nitrogen and oxygen atoms in total. The molecule has 2 aromatic carbocycles. The maximum absolute atomic E-state index is 14.2. The second-order valence-electron chi connectivity index (χ2n) is 12.2. The largest absolute Gasteiger partial charge is 0.547 e. The molecule has 2 atom stereocenters. The van der Waals surface area contributed by atoms with Crippen LogP contribution in [0.15, 0.2) is 18.2 Å². The summed E-state index contributed by atoms with van der Waals surface area (Å²) in [6.45, 7) is 3.79. The van der Waals surface area contributed by atoms with E-state index >= 15 is 0 Å². The van der Waals surface area contributed by atoms with Crippen molar-refractivity contribution in [3.8, 4) is 17.2 Å². The van der Waals surface area contributed by atoms with E-state index in [1.807, 2.05) is 0 Å². The first-order valence-electron chi connectivity index (χ1n) is 14.6. The molecule has 0 bridgehead atoms. The van der Waals surface area contributed by atoms with Crippen LogP contribution in [0, 0.1) is 17.0 Å². The minimum Gasteiger partial charge on any atom is -0.534 e. The van der Waals surface area contributed by atoms with Gasteiger partial charge in [0, 0.05) is 32.2 Å². The number of phenols is 2. The standard InChI is InChI=1S/C29H31BClF2N5O11/c1-29(2,3)22(24(42)35-16-10-12-4-5-13(32)18(27(45)46)21(12)49-30(16)48)36-28(47)38-9-8-37(25(43)26(38)44)7-6-34-23(41)17-14(33)11-15(39)20(40)19(17)31/h4-5,11,16,22,39-40,48H,6-10H2,1-3H3,(H,34,41)(H,35,42)(H,36,47)(H,45,46)/t16-,22-/m0/s1. The molecule has 0 unspecified atom stereocenters. The first kappa shape index (κ1) is 36.7. The van der Waals surface area contributed by atoms with E-state index < -0.39 is 99.4 Å². The van der Waals surface area contributed by atoms with Crippen LogP contribution in [0.5, 0.6) is 17.2 Å². The monoisotopic (exact) mass is 709 g/mol. The number of amides is 6. The van der Waals surface area contributed by atoms with E-state index in [0.717, 1.165) is 11.0 Å². The molecule has 2 aliphatic rings. The molecule has 1 fully saturated rings. The SMILES string of the molecule is CC(C)(C)[C@@H](NC(=O)N1CCN(CCNC(=O)c2c(F)cc(O)c(O)c2Cl)C(=O)C1=O)C(=O)N[C@H]1Cc2ccc(F)c(C(=O)O)c2OB1O. The van der Waals surface area contributed by atoms with Crippen LogP contribution in [0.4, 0.5) is 13.6 Å². The smallest absolute Gasteiger partial charge is 0.534 e. The molecule has 2 aromatic rings. The molecule has 0 saturated carbocycles. The number of carboxylic acids is 1. The lowest BCUT2D eigenvalue weighted by Crippen LogP contribution is -2.64. The van der Waals surface area contributed by atoms with E-state index in [-0.39, 0.29) is 43.9 Å². The quantitative estimate of drug-likeness (QED) is 0.113. The van der Waals surface area contributed by atoms with Gasteiger partial charge in [0.2, 0.25) is 5.91 Å². The number of phenolic OH excluding ortho intramolecular Hbond substituents is 2. The first-order chi connectivity index (χ1) is 22.8. The summed E-state index contributed by atoms with van der Waals surface area (Å²) in [5.74, 6) is -11.5. The van der Waals surface area contributed by atoms with Crippen molar-refractivity contribution in [2.24, 2.45) is 5.41 Å². The predicted octanol–water partition coefficient (Wildman–Crippen LogP) is 0.392. The van der Waals surface area contributed by atoms with Gasteiger partial charge in [0.05, 0.1) is 11.5 Å². The van der Waals surface area contributed by atoms with E-state index in [0.29, 0.717) is 11.0 Å². The number of aromatic hydroxyl groups is 2. The topological polar surface area (TPSA) is 235 Å². The third-order valence-corrected chi connectivity index (χ3v) is 8.14. The van der Waals surface area contributed by atoms with Gasteiger partial charge in [-0.3, -0.25) is 24.1 Å². The van der Waals surface area contributed by atoms with Gasteiger partial charge in [-0.1, -0.05) is 38.4 Å². The maximum Gasteiger partial charge on any atom is 0.547 e. The van der Waals surface area contributed by atoms with Crippen LogP contribution < -0.4 is 20.6 Å². The molecule has 4 rings (SSSR count). The number of halogens is 3. The molecule has 0 radical (unpaired) electrons. The molecule has 6 amide bonds. The first-order valence-corrected chi connectivity index (χ1v) is 15.0. The van der Waals surface area contributed by atoms with Gasteiger partial charge in [0.15, 0.2) is 11.5 Å². The van der Waals surface area contributed by atoms with Crippen molar-refractivity contribution in [2.45, 2.75) is 39.2 Å². The third kappa shape index (κ3) is 7.62. The number of hydrogen-bond acceptors (Lipinski definition) is 10. The van der Waals surface area contributed by atoms with Crippen molar-refractivity contribution in [3.63, 3.8) is 0 Å². The summed E-state index contributed by atoms with van der Waals surface area (Å²) in [4.78, 5) is 77.8. The number of nitrogens with zero attached hydrogens (tertiary/aromatic N) is 2. The second-order valence-corrected chi connectivity index (χ2v) is 12.6. The van der Waals surface area contributed by atoms with Gasteiger partial charge in [0.25, 0.3) is 5.91 Å². The number of hydrogen-bond donors (Lipinski definition) is 7. The molecule has 20 heteroatoms. The van der Waals surface area contributed by atoms with E-state index in [9.17, 15) is 57.9 Å². The van der Waals surface area contributed by atoms with Gasteiger partial charge in [-0.25, -0.2) is 18.4 Å². The van der Waals surface area contributed by atoms with Crippen molar-refractivity contribution in [3.05, 3.63) is 51.5 Å². The molecule has 262 valence electrons. The number of carboxylic acid groups (broad SMARTS) is 1. The van der Waals surface area contributed by atoms with Gasteiger partial charge in [-0.2, -0.15) is 0 Å². The summed E-state index contributed by atoms with van der Waals surface area (Å²) < 4.78 is 33.5. The lowest BCUT2D eigenvalue weighted by atomic mass is 9.71. The zero-order valence-corrected chi connectivity index (χ0v) is 26.9. The predicted molar refractivity (Wildman–Crippen MR) is 165 cm³/mol. The molecule has 1 saturated heterocycles. The molecular weight excluding hydrogens is 679 g/mol. The highest BCUT2D eigenvalue weighted by Crippen LogP contribution is 2.37. The van der Waals surface area contributed by atoms with E-state index in [4.69, 9.17) is 16.3 Å². The molecule has 2 heterocycles. The number of carbonyl (C=O) groups is 6. The lowest BCUT2D eigenvalue weighted by molar-refractivity contribution is -0.153. The van der Waals surface area contributed by atoms with Crippen LogP contribution in [0.1, 0.15) is 47.1 Å². The highest BCUT2D eigenvalue weighted by molar-refractivity contribution is 6.47. The second kappa shape index (κ2) is 14.1. The summed E-state index contributed by atoms with van der Waals surface area (Å²) in [5, 5.41) is 45.5. The van der Waals surface area contributed by atoms with E-state index in [1.165, 1.54) is 6.07 Å². The fourth-order valence-corrected chi connectivity index (χ4v) is 5.45. The number of benzene rings is 2. The zero-order valence-electron chi connectivity index (χ0n) is 26.2. The van der Waals surface area contributed by atoms with Gasteiger partial charge in [-0.05, 0) is 23.5 Å². The summed E-state index contributed by atoms with van der Waals surface area (Å²) in [6, 6.07) is 0.240. The Kier molecular flexibility index (Phi) is 10.6. The Bertz CT molecular complexity index is 1740. The average Bonchev–Trinajstić information content (AvgIpc) is 3.00. The molecule has 0 spiro atoms. The van der Waals surface area contributed by atoms with Crippen LogP contribution >= 0.6 is 11.6 Å². The minimum absolute atomic E-state index is 0.150. The highest BCUT2D eigenvalue weighted by atomic mass is 35.5. The van der Waals surface area contributed by atoms with Gasteiger partial charge >= 0.3 is 30.9 Å². The van der Waals surface area contributed by atoms with E-state index in [1.54, 1.807) is 20.8 Å². The number of imide groups is 1. The summed E-state index contributed by atoms with van der Waals surface area (Å²) >= 11 is 5.76. The minimum atomic E-state index is -1.78. The molecule has 2 aliphatic heterocycles. The number of urea groups is 1. The number of rotatable bonds is 8. The van der Waals surface area contributed by atoms with Crippen LogP contribution in [0.25, 0.3) is 0 Å². The summed E-state index contributed by atoms with van der Waals surface area (Å²) in [7, 11) is -1.78. The Labute approximate surface area is 282 Å². The Morgan fingerprint density at radius 1 is 1.08 bits per heavy atom. The van der Waals surface area contributed by atoms with Crippen LogP contribution in [-0.4, -0.2) is 111 Å². The van der Waals surface area contributed by atoms with Gasteiger partial charge in [0.1, 0.15) is 34.0 Å². The van der Waals surface area contributed by atoms with Gasteiger partial charge in [-0.15, -0.1) is 0 Å². The normalized spacial score (nSPS) is 16.8.